The third kappa shape index (κ3) is 4.63. The van der Waals surface area contributed by atoms with Gasteiger partial charge in [0.2, 0.25) is 5.91 Å². The normalized spacial score (nSPS) is 17.4. The number of hydrogen-bond acceptors (Lipinski definition) is 5. The molecular formula is C26H30F2N6O. The lowest BCUT2D eigenvalue weighted by Crippen LogP contribution is -2.38. The number of piperidine rings is 1. The van der Waals surface area contributed by atoms with Crippen LogP contribution in [0.3, 0.4) is 0 Å². The minimum atomic E-state index is -0.548. The van der Waals surface area contributed by atoms with E-state index < -0.39 is 11.6 Å². The highest BCUT2D eigenvalue weighted by Gasteiger charge is 2.30. The lowest BCUT2D eigenvalue weighted by Gasteiger charge is -2.37. The minimum Gasteiger partial charge on any atom is -0.355 e. The van der Waals surface area contributed by atoms with Crippen molar-refractivity contribution in [3.05, 3.63) is 59.2 Å². The van der Waals surface area contributed by atoms with Crippen molar-refractivity contribution in [2.75, 3.05) is 24.5 Å². The monoisotopic (exact) mass is 480 g/mol. The van der Waals surface area contributed by atoms with Gasteiger partial charge in [0.1, 0.15) is 17.3 Å². The van der Waals surface area contributed by atoms with Crippen LogP contribution in [0.5, 0.6) is 0 Å². The Morgan fingerprint density at radius 1 is 1.11 bits per heavy atom. The van der Waals surface area contributed by atoms with Crippen molar-refractivity contribution >= 4 is 11.7 Å². The maximum absolute atomic E-state index is 14.4. The molecule has 4 heterocycles. The summed E-state index contributed by atoms with van der Waals surface area (Å²) in [6.45, 7) is 6.27. The Bertz CT molecular complexity index is 1250. The second kappa shape index (κ2) is 9.36. The molecule has 1 fully saturated rings. The molecule has 2 aromatic heterocycles. The second-order valence-electron chi connectivity index (χ2n) is 9.66. The zero-order valence-electron chi connectivity index (χ0n) is 20.3. The van der Waals surface area contributed by atoms with Crippen LogP contribution in [0.25, 0.3) is 11.3 Å². The van der Waals surface area contributed by atoms with Crippen LogP contribution in [0.2, 0.25) is 0 Å². The van der Waals surface area contributed by atoms with Crippen molar-refractivity contribution in [2.24, 2.45) is 13.0 Å². The van der Waals surface area contributed by atoms with Gasteiger partial charge in [-0.3, -0.25) is 9.48 Å². The molecule has 7 nitrogen and oxygen atoms in total. The smallest absolute Gasteiger partial charge is 0.219 e. The highest BCUT2D eigenvalue weighted by molar-refractivity contribution is 5.74. The first kappa shape index (κ1) is 23.4. The number of nitrogens with zero attached hydrogens (tertiary/aromatic N) is 6. The molecule has 184 valence electrons. The number of amides is 1. The van der Waals surface area contributed by atoms with Gasteiger partial charge in [0, 0.05) is 57.9 Å². The van der Waals surface area contributed by atoms with E-state index in [9.17, 15) is 13.6 Å². The van der Waals surface area contributed by atoms with E-state index >= 15 is 0 Å². The molecule has 1 saturated heterocycles. The third-order valence-corrected chi connectivity index (χ3v) is 7.41. The van der Waals surface area contributed by atoms with E-state index in [-0.39, 0.29) is 11.8 Å². The first-order valence-electron chi connectivity index (χ1n) is 12.1. The van der Waals surface area contributed by atoms with Crippen molar-refractivity contribution in [3.63, 3.8) is 0 Å². The van der Waals surface area contributed by atoms with Gasteiger partial charge in [-0.05, 0) is 36.3 Å². The summed E-state index contributed by atoms with van der Waals surface area (Å²) in [5, 5.41) is 4.32. The molecule has 9 heteroatoms. The van der Waals surface area contributed by atoms with E-state index in [2.05, 4.69) is 10.00 Å². The van der Waals surface area contributed by atoms with E-state index in [1.807, 2.05) is 20.2 Å². The number of anilines is 1. The minimum absolute atomic E-state index is 0.00252. The van der Waals surface area contributed by atoms with Crippen LogP contribution in [-0.4, -0.2) is 50.2 Å². The number of hydrogen-bond donors (Lipinski definition) is 0. The number of aromatic nitrogens is 4. The molecule has 5 rings (SSSR count). The molecule has 2 aliphatic rings. The standard InChI is InChI=1S/C26H30F2N6O/c1-16(21-5-4-20(27)12-22(21)28)18-6-9-33(10-7-18)26-25(19-13-29-32(3)14-19)30-24-15-34(17(2)35)11-8-23(24)31-26/h4-5,12-14,16,18H,6-11,15H2,1-3H3. The van der Waals surface area contributed by atoms with E-state index in [4.69, 9.17) is 9.97 Å². The Morgan fingerprint density at radius 2 is 1.89 bits per heavy atom. The molecule has 0 spiro atoms. The predicted octanol–water partition coefficient (Wildman–Crippen LogP) is 4.08. The molecule has 1 amide bonds. The van der Waals surface area contributed by atoms with Crippen molar-refractivity contribution in [1.29, 1.82) is 0 Å². The van der Waals surface area contributed by atoms with Gasteiger partial charge in [0.15, 0.2) is 5.82 Å². The van der Waals surface area contributed by atoms with Gasteiger partial charge in [0.25, 0.3) is 0 Å². The molecular weight excluding hydrogens is 450 g/mol. The SMILES string of the molecule is CC(=O)N1CCc2nc(N3CCC(C(C)c4ccc(F)cc4F)CC3)c(-c3cnn(C)c3)nc2C1. The van der Waals surface area contributed by atoms with Crippen LogP contribution >= 0.6 is 0 Å². The first-order valence-corrected chi connectivity index (χ1v) is 12.1. The van der Waals surface area contributed by atoms with Gasteiger partial charge < -0.3 is 9.80 Å². The number of fused-ring (bicyclic) bond motifs is 1. The summed E-state index contributed by atoms with van der Waals surface area (Å²) >= 11 is 0. The second-order valence-corrected chi connectivity index (χ2v) is 9.66. The summed E-state index contributed by atoms with van der Waals surface area (Å²) in [6.07, 6.45) is 6.15. The fraction of sp³-hybridized carbons (Fsp3) is 0.462. The summed E-state index contributed by atoms with van der Waals surface area (Å²) in [5.74, 6) is 0.156. The van der Waals surface area contributed by atoms with Crippen molar-refractivity contribution < 1.29 is 13.6 Å². The Hall–Kier alpha value is -3.36. The van der Waals surface area contributed by atoms with Crippen LogP contribution in [0.1, 0.15) is 49.6 Å². The molecule has 0 saturated carbocycles. The fourth-order valence-corrected chi connectivity index (χ4v) is 5.28. The van der Waals surface area contributed by atoms with Crippen molar-refractivity contribution in [1.82, 2.24) is 24.6 Å². The van der Waals surface area contributed by atoms with Crippen LogP contribution < -0.4 is 4.90 Å². The maximum Gasteiger partial charge on any atom is 0.219 e. The Morgan fingerprint density at radius 3 is 2.54 bits per heavy atom. The summed E-state index contributed by atoms with van der Waals surface area (Å²) in [6, 6.07) is 3.87. The molecule has 0 N–H and O–H groups in total. The largest absolute Gasteiger partial charge is 0.355 e. The number of aryl methyl sites for hydroxylation is 1. The van der Waals surface area contributed by atoms with Gasteiger partial charge in [-0.15, -0.1) is 0 Å². The molecule has 0 aliphatic carbocycles. The predicted molar refractivity (Wildman–Crippen MR) is 129 cm³/mol. The topological polar surface area (TPSA) is 67.2 Å². The molecule has 35 heavy (non-hydrogen) atoms. The maximum atomic E-state index is 14.4. The van der Waals surface area contributed by atoms with Gasteiger partial charge >= 0.3 is 0 Å². The van der Waals surface area contributed by atoms with E-state index in [0.29, 0.717) is 31.0 Å². The Labute approximate surface area is 203 Å². The molecule has 1 unspecified atom stereocenters. The molecule has 1 aromatic carbocycles. The zero-order chi connectivity index (χ0) is 24.7. The van der Waals surface area contributed by atoms with E-state index in [1.54, 1.807) is 28.8 Å². The number of carbonyl (C=O) groups is 1. The van der Waals surface area contributed by atoms with E-state index in [1.165, 1.54) is 6.07 Å². The van der Waals surface area contributed by atoms with Crippen molar-refractivity contribution in [2.45, 2.75) is 45.6 Å². The molecule has 0 radical (unpaired) electrons. The van der Waals surface area contributed by atoms with Crippen LogP contribution in [0.15, 0.2) is 30.6 Å². The summed E-state index contributed by atoms with van der Waals surface area (Å²) in [7, 11) is 1.87. The van der Waals surface area contributed by atoms with Crippen LogP contribution in [0, 0.1) is 17.6 Å². The van der Waals surface area contributed by atoms with Gasteiger partial charge in [-0.25, -0.2) is 18.7 Å². The number of halogens is 2. The Balaban J connectivity index is 1.40. The van der Waals surface area contributed by atoms with Gasteiger partial charge in [-0.2, -0.15) is 5.10 Å². The molecule has 1 atom stereocenters. The first-order chi connectivity index (χ1) is 16.8. The fourth-order valence-electron chi connectivity index (χ4n) is 5.28. The molecule has 3 aromatic rings. The number of rotatable bonds is 4. The van der Waals surface area contributed by atoms with Crippen LogP contribution in [-0.2, 0) is 24.8 Å². The van der Waals surface area contributed by atoms with Crippen LogP contribution in [0.4, 0.5) is 14.6 Å². The highest BCUT2D eigenvalue weighted by Crippen LogP contribution is 2.37. The zero-order valence-corrected chi connectivity index (χ0v) is 20.3. The van der Waals surface area contributed by atoms with Crippen molar-refractivity contribution in [3.8, 4) is 11.3 Å². The summed E-state index contributed by atoms with van der Waals surface area (Å²) in [5.41, 5.74) is 4.02. The summed E-state index contributed by atoms with van der Waals surface area (Å²) < 4.78 is 29.5. The van der Waals surface area contributed by atoms with Gasteiger partial charge in [-0.1, -0.05) is 13.0 Å². The molecule has 2 aliphatic heterocycles. The lowest BCUT2D eigenvalue weighted by molar-refractivity contribution is -0.129. The average molecular weight is 481 g/mol. The lowest BCUT2D eigenvalue weighted by atomic mass is 9.81. The Kier molecular flexibility index (Phi) is 6.25. The van der Waals surface area contributed by atoms with Gasteiger partial charge in [0.05, 0.1) is 24.1 Å². The number of benzene rings is 1. The van der Waals surface area contributed by atoms with E-state index in [0.717, 1.165) is 60.5 Å². The summed E-state index contributed by atoms with van der Waals surface area (Å²) in [4.78, 5) is 26.0. The molecule has 0 bridgehead atoms. The quantitative estimate of drug-likeness (QED) is 0.563. The average Bonchev–Trinajstić information content (AvgIpc) is 3.28. The third-order valence-electron chi connectivity index (χ3n) is 7.41. The highest BCUT2D eigenvalue weighted by atomic mass is 19.1. The number of carbonyl (C=O) groups excluding carboxylic acids is 1.